The molecule has 0 saturated carbocycles. The van der Waals surface area contributed by atoms with Gasteiger partial charge in [-0.15, -0.1) is 11.3 Å². The highest BCUT2D eigenvalue weighted by atomic mass is 32.1. The molecule has 0 bridgehead atoms. The Bertz CT molecular complexity index is 727. The fraction of sp³-hybridized carbons (Fsp3) is 0.389. The Morgan fingerprint density at radius 3 is 2.79 bits per heavy atom. The van der Waals surface area contributed by atoms with E-state index in [1.807, 2.05) is 6.07 Å². The first kappa shape index (κ1) is 16.6. The van der Waals surface area contributed by atoms with Gasteiger partial charge in [0.05, 0.1) is 12.2 Å². The molecule has 1 heterocycles. The number of nitrogens with one attached hydrogen (secondary N) is 2. The van der Waals surface area contributed by atoms with Crippen LogP contribution in [0.5, 0.6) is 0 Å². The van der Waals surface area contributed by atoms with Crippen molar-refractivity contribution in [2.45, 2.75) is 38.5 Å². The normalized spacial score (nSPS) is 16.3. The molecule has 6 heteroatoms. The zero-order valence-electron chi connectivity index (χ0n) is 13.7. The fourth-order valence-corrected chi connectivity index (χ4v) is 4.01. The van der Waals surface area contributed by atoms with Gasteiger partial charge in [-0.05, 0) is 30.7 Å². The highest BCUT2D eigenvalue weighted by Crippen LogP contribution is 2.36. The minimum Gasteiger partial charge on any atom is -0.347 e. The van der Waals surface area contributed by atoms with E-state index in [0.717, 1.165) is 25.0 Å². The van der Waals surface area contributed by atoms with Crippen LogP contribution < -0.4 is 10.6 Å². The molecule has 1 aliphatic carbocycles. The van der Waals surface area contributed by atoms with Crippen molar-refractivity contribution in [1.29, 1.82) is 0 Å². The molecule has 1 aromatic heterocycles. The lowest BCUT2D eigenvalue weighted by Crippen LogP contribution is -2.32. The van der Waals surface area contributed by atoms with Crippen molar-refractivity contribution in [3.8, 4) is 0 Å². The molecule has 2 amide bonds. The largest absolute Gasteiger partial charge is 0.347 e. The van der Waals surface area contributed by atoms with Crippen LogP contribution in [-0.2, 0) is 22.4 Å². The Morgan fingerprint density at radius 2 is 2.04 bits per heavy atom. The summed E-state index contributed by atoms with van der Waals surface area (Å²) in [5.74, 6) is 0.156. The summed E-state index contributed by atoms with van der Waals surface area (Å²) in [6, 6.07) is 10.5. The Hall–Kier alpha value is -2.21. The van der Waals surface area contributed by atoms with Crippen LogP contribution in [0.2, 0.25) is 0 Å². The molecule has 0 aliphatic heterocycles. The summed E-state index contributed by atoms with van der Waals surface area (Å²) < 4.78 is 0. The fourth-order valence-electron chi connectivity index (χ4n) is 2.91. The number of aromatic nitrogens is 1. The van der Waals surface area contributed by atoms with Gasteiger partial charge in [0, 0.05) is 11.3 Å². The van der Waals surface area contributed by atoms with Crippen molar-refractivity contribution in [3.05, 3.63) is 46.5 Å². The van der Waals surface area contributed by atoms with Gasteiger partial charge < -0.3 is 10.6 Å². The summed E-state index contributed by atoms with van der Waals surface area (Å²) in [4.78, 5) is 28.9. The summed E-state index contributed by atoms with van der Waals surface area (Å²) in [5.41, 5.74) is 2.46. The molecule has 0 fully saturated rings. The average molecular weight is 343 g/mol. The second kappa shape index (κ2) is 7.57. The van der Waals surface area contributed by atoms with Gasteiger partial charge in [-0.3, -0.25) is 9.59 Å². The first-order valence-electron chi connectivity index (χ1n) is 8.25. The van der Waals surface area contributed by atoms with Crippen LogP contribution in [-0.4, -0.2) is 23.3 Å². The first-order valence-corrected chi connectivity index (χ1v) is 9.07. The molecular weight excluding hydrogens is 322 g/mol. The topological polar surface area (TPSA) is 71.1 Å². The number of nitrogens with zero attached hydrogens (tertiary/aromatic N) is 1. The van der Waals surface area contributed by atoms with Gasteiger partial charge in [-0.2, -0.15) is 0 Å². The van der Waals surface area contributed by atoms with E-state index in [-0.39, 0.29) is 18.4 Å². The lowest BCUT2D eigenvalue weighted by molar-refractivity contribution is -0.123. The zero-order chi connectivity index (χ0) is 16.9. The molecule has 3 rings (SSSR count). The van der Waals surface area contributed by atoms with Crippen LogP contribution in [0.15, 0.2) is 30.3 Å². The standard InChI is InChI=1S/C18H21N3O2S/c1-2-16(22)19-11-17(23)21-18-20-14-9-8-13(10-15(14)24-18)12-6-4-3-5-7-12/h3-7,13H,2,8-11H2,1H3,(H,19,22)(H,20,21,23). The van der Waals surface area contributed by atoms with Crippen molar-refractivity contribution in [2.24, 2.45) is 0 Å². The number of anilines is 1. The molecule has 24 heavy (non-hydrogen) atoms. The van der Waals surface area contributed by atoms with Crippen molar-refractivity contribution < 1.29 is 9.59 Å². The quantitative estimate of drug-likeness (QED) is 0.877. The van der Waals surface area contributed by atoms with Gasteiger partial charge in [0.1, 0.15) is 0 Å². The maximum Gasteiger partial charge on any atom is 0.245 e. The molecule has 126 valence electrons. The Kier molecular flexibility index (Phi) is 5.25. The predicted octanol–water partition coefficient (Wildman–Crippen LogP) is 2.88. The summed E-state index contributed by atoms with van der Waals surface area (Å²) in [6.07, 6.45) is 3.37. The number of fused-ring (bicyclic) bond motifs is 1. The maximum atomic E-state index is 11.9. The van der Waals surface area contributed by atoms with Crippen LogP contribution in [0.25, 0.3) is 0 Å². The number of aryl methyl sites for hydroxylation is 1. The third-order valence-electron chi connectivity index (χ3n) is 4.22. The summed E-state index contributed by atoms with van der Waals surface area (Å²) in [7, 11) is 0. The third kappa shape index (κ3) is 4.00. The predicted molar refractivity (Wildman–Crippen MR) is 95.3 cm³/mol. The number of hydrogen-bond donors (Lipinski definition) is 2. The third-order valence-corrected chi connectivity index (χ3v) is 5.26. The number of amides is 2. The minimum absolute atomic E-state index is 0.0104. The highest BCUT2D eigenvalue weighted by Gasteiger charge is 2.24. The van der Waals surface area contributed by atoms with Gasteiger partial charge >= 0.3 is 0 Å². The Labute approximate surface area is 145 Å². The van der Waals surface area contributed by atoms with E-state index in [0.29, 0.717) is 17.5 Å². The number of carbonyl (C=O) groups is 2. The van der Waals surface area contributed by atoms with Crippen LogP contribution in [0, 0.1) is 0 Å². The number of thiazole rings is 1. The van der Waals surface area contributed by atoms with E-state index in [1.54, 1.807) is 18.3 Å². The zero-order valence-corrected chi connectivity index (χ0v) is 14.5. The van der Waals surface area contributed by atoms with Crippen LogP contribution in [0.1, 0.15) is 41.8 Å². The second-order valence-electron chi connectivity index (χ2n) is 5.92. The van der Waals surface area contributed by atoms with Gasteiger partial charge in [-0.25, -0.2) is 4.98 Å². The lowest BCUT2D eigenvalue weighted by atomic mass is 9.85. The number of rotatable bonds is 5. The van der Waals surface area contributed by atoms with Crippen LogP contribution in [0.4, 0.5) is 5.13 Å². The molecule has 1 atom stereocenters. The Balaban J connectivity index is 1.61. The van der Waals surface area contributed by atoms with Gasteiger partial charge in [0.2, 0.25) is 11.8 Å². The molecule has 5 nitrogen and oxygen atoms in total. The molecule has 2 aromatic rings. The lowest BCUT2D eigenvalue weighted by Gasteiger charge is -2.21. The second-order valence-corrected chi connectivity index (χ2v) is 7.00. The van der Waals surface area contributed by atoms with Gasteiger partial charge in [-0.1, -0.05) is 37.3 Å². The smallest absolute Gasteiger partial charge is 0.245 e. The van der Waals surface area contributed by atoms with Gasteiger partial charge in [0.15, 0.2) is 5.13 Å². The van der Waals surface area contributed by atoms with E-state index in [1.165, 1.54) is 10.4 Å². The van der Waals surface area contributed by atoms with Crippen molar-refractivity contribution in [3.63, 3.8) is 0 Å². The summed E-state index contributed by atoms with van der Waals surface area (Å²) in [5, 5.41) is 5.98. The number of benzene rings is 1. The number of carbonyl (C=O) groups excluding carboxylic acids is 2. The highest BCUT2D eigenvalue weighted by molar-refractivity contribution is 7.15. The van der Waals surface area contributed by atoms with E-state index in [4.69, 9.17) is 0 Å². The minimum atomic E-state index is -0.234. The molecule has 2 N–H and O–H groups in total. The van der Waals surface area contributed by atoms with E-state index in [9.17, 15) is 9.59 Å². The van der Waals surface area contributed by atoms with Crippen LogP contribution in [0.3, 0.4) is 0 Å². The van der Waals surface area contributed by atoms with E-state index in [2.05, 4.69) is 39.9 Å². The average Bonchev–Trinajstić information content (AvgIpc) is 3.01. The van der Waals surface area contributed by atoms with Crippen molar-refractivity contribution in [1.82, 2.24) is 10.3 Å². The summed E-state index contributed by atoms with van der Waals surface area (Å²) in [6.45, 7) is 1.74. The number of hydrogen-bond acceptors (Lipinski definition) is 4. The molecule has 0 radical (unpaired) electrons. The first-order chi connectivity index (χ1) is 11.7. The summed E-state index contributed by atoms with van der Waals surface area (Å²) >= 11 is 1.55. The molecule has 0 spiro atoms. The monoisotopic (exact) mass is 343 g/mol. The van der Waals surface area contributed by atoms with E-state index >= 15 is 0 Å². The molecule has 1 aliphatic rings. The Morgan fingerprint density at radius 1 is 1.25 bits per heavy atom. The molecular formula is C18H21N3O2S. The van der Waals surface area contributed by atoms with E-state index < -0.39 is 0 Å². The molecule has 1 aromatic carbocycles. The van der Waals surface area contributed by atoms with Crippen molar-refractivity contribution in [2.75, 3.05) is 11.9 Å². The molecule has 0 saturated heterocycles. The maximum absolute atomic E-state index is 11.9. The van der Waals surface area contributed by atoms with Crippen LogP contribution >= 0.6 is 11.3 Å². The molecule has 1 unspecified atom stereocenters. The van der Waals surface area contributed by atoms with Gasteiger partial charge in [0.25, 0.3) is 0 Å². The van der Waals surface area contributed by atoms with Crippen molar-refractivity contribution >= 4 is 28.3 Å². The SMILES string of the molecule is CCC(=O)NCC(=O)Nc1nc2c(s1)CC(c1ccccc1)CC2.